The summed E-state index contributed by atoms with van der Waals surface area (Å²) >= 11 is 0. The third kappa shape index (κ3) is 1.51. The van der Waals surface area contributed by atoms with Crippen molar-refractivity contribution >= 4 is 0 Å². The number of nitrogens with zero attached hydrogens (tertiary/aromatic N) is 1. The normalized spacial score (nSPS) is 10.5. The van der Waals surface area contributed by atoms with E-state index in [1.807, 2.05) is 6.92 Å². The molecule has 0 atom stereocenters. The van der Waals surface area contributed by atoms with Crippen LogP contribution in [0.25, 0.3) is 11.3 Å². The molecule has 0 amide bonds. The van der Waals surface area contributed by atoms with Crippen LogP contribution in [0.15, 0.2) is 24.3 Å². The maximum atomic E-state index is 12.9. The molecule has 0 bridgehead atoms. The molecular weight excluding hydrogens is 186 g/mol. The summed E-state index contributed by atoms with van der Waals surface area (Å²) in [7, 11) is 0. The lowest BCUT2D eigenvalue weighted by atomic mass is 10.1. The highest BCUT2D eigenvalue weighted by Gasteiger charge is 2.06. The van der Waals surface area contributed by atoms with Crippen LogP contribution in [-0.4, -0.2) is 10.2 Å². The fraction of sp³-hybridized carbons (Fsp3) is 0.100. The summed E-state index contributed by atoms with van der Waals surface area (Å²) in [6, 6.07) is 5.49. The van der Waals surface area contributed by atoms with Crippen LogP contribution in [0.3, 0.4) is 0 Å². The zero-order chi connectivity index (χ0) is 10.1. The van der Waals surface area contributed by atoms with Gasteiger partial charge < -0.3 is 0 Å². The molecule has 1 heterocycles. The molecule has 1 N–H and O–H groups in total. The summed E-state index contributed by atoms with van der Waals surface area (Å²) < 4.78 is 25.5. The van der Waals surface area contributed by atoms with Crippen LogP contribution in [0.2, 0.25) is 0 Å². The minimum atomic E-state index is -0.858. The number of hydrogen-bond donors (Lipinski definition) is 1. The molecule has 2 aromatic rings. The second-order valence-corrected chi connectivity index (χ2v) is 3.07. The number of aromatic nitrogens is 2. The summed E-state index contributed by atoms with van der Waals surface area (Å²) in [5, 5.41) is 6.68. The molecule has 4 heteroatoms. The Labute approximate surface area is 79.6 Å². The third-order valence-corrected chi connectivity index (χ3v) is 1.92. The number of benzene rings is 1. The van der Waals surface area contributed by atoms with Gasteiger partial charge in [-0.25, -0.2) is 8.78 Å². The molecule has 0 aliphatic carbocycles. The topological polar surface area (TPSA) is 28.7 Å². The maximum Gasteiger partial charge on any atom is 0.159 e. The SMILES string of the molecule is Cc1cc(-c2ccc(F)c(F)c2)n[nH]1. The van der Waals surface area contributed by atoms with Gasteiger partial charge in [-0.1, -0.05) is 0 Å². The molecule has 0 saturated carbocycles. The molecule has 2 rings (SSSR count). The monoisotopic (exact) mass is 194 g/mol. The smallest absolute Gasteiger partial charge is 0.159 e. The summed E-state index contributed by atoms with van der Waals surface area (Å²) in [5.41, 5.74) is 2.05. The second-order valence-electron chi connectivity index (χ2n) is 3.07. The van der Waals surface area contributed by atoms with Crippen LogP contribution in [0.4, 0.5) is 8.78 Å². The van der Waals surface area contributed by atoms with Crippen LogP contribution in [0.5, 0.6) is 0 Å². The lowest BCUT2D eigenvalue weighted by Crippen LogP contribution is -1.85. The van der Waals surface area contributed by atoms with Crippen molar-refractivity contribution in [3.05, 3.63) is 41.6 Å². The first kappa shape index (κ1) is 8.87. The Morgan fingerprint density at radius 3 is 2.50 bits per heavy atom. The first-order chi connectivity index (χ1) is 6.66. The van der Waals surface area contributed by atoms with E-state index in [-0.39, 0.29) is 0 Å². The summed E-state index contributed by atoms with van der Waals surface area (Å²) in [5.74, 6) is -1.70. The summed E-state index contributed by atoms with van der Waals surface area (Å²) in [6.07, 6.45) is 0. The van der Waals surface area contributed by atoms with E-state index in [1.54, 1.807) is 6.07 Å². The van der Waals surface area contributed by atoms with Crippen molar-refractivity contribution in [3.63, 3.8) is 0 Å². The Morgan fingerprint density at radius 1 is 1.14 bits per heavy atom. The van der Waals surface area contributed by atoms with Crippen LogP contribution in [0.1, 0.15) is 5.69 Å². The Balaban J connectivity index is 2.47. The number of H-pyrrole nitrogens is 1. The van der Waals surface area contributed by atoms with E-state index in [0.29, 0.717) is 11.3 Å². The van der Waals surface area contributed by atoms with Gasteiger partial charge in [-0.2, -0.15) is 5.10 Å². The molecular formula is C10H8F2N2. The van der Waals surface area contributed by atoms with Crippen molar-refractivity contribution in [2.24, 2.45) is 0 Å². The average molecular weight is 194 g/mol. The van der Waals surface area contributed by atoms with E-state index in [9.17, 15) is 8.78 Å². The minimum absolute atomic E-state index is 0.563. The summed E-state index contributed by atoms with van der Waals surface area (Å²) in [6.45, 7) is 1.84. The molecule has 1 aromatic heterocycles. The van der Waals surface area contributed by atoms with Gasteiger partial charge in [0.15, 0.2) is 11.6 Å². The van der Waals surface area contributed by atoms with Crippen LogP contribution < -0.4 is 0 Å². The lowest BCUT2D eigenvalue weighted by molar-refractivity contribution is 0.509. The zero-order valence-corrected chi connectivity index (χ0v) is 7.51. The van der Waals surface area contributed by atoms with E-state index < -0.39 is 11.6 Å². The van der Waals surface area contributed by atoms with Crippen molar-refractivity contribution in [2.75, 3.05) is 0 Å². The van der Waals surface area contributed by atoms with E-state index >= 15 is 0 Å². The first-order valence-electron chi connectivity index (χ1n) is 4.14. The second kappa shape index (κ2) is 3.21. The molecule has 1 aromatic carbocycles. The molecule has 0 radical (unpaired) electrons. The van der Waals surface area contributed by atoms with Crippen LogP contribution in [0, 0.1) is 18.6 Å². The van der Waals surface area contributed by atoms with Gasteiger partial charge >= 0.3 is 0 Å². The molecule has 2 nitrogen and oxygen atoms in total. The lowest BCUT2D eigenvalue weighted by Gasteiger charge is -1.96. The van der Waals surface area contributed by atoms with Gasteiger partial charge in [-0.15, -0.1) is 0 Å². The standard InChI is InChI=1S/C10H8F2N2/c1-6-4-10(14-13-6)7-2-3-8(11)9(12)5-7/h2-5H,1H3,(H,13,14). The fourth-order valence-corrected chi connectivity index (χ4v) is 1.22. The highest BCUT2D eigenvalue weighted by atomic mass is 19.2. The van der Waals surface area contributed by atoms with Crippen LogP contribution in [-0.2, 0) is 0 Å². The number of rotatable bonds is 1. The third-order valence-electron chi connectivity index (χ3n) is 1.92. The van der Waals surface area contributed by atoms with Gasteiger partial charge in [0.2, 0.25) is 0 Å². The Morgan fingerprint density at radius 2 is 1.93 bits per heavy atom. The van der Waals surface area contributed by atoms with E-state index in [4.69, 9.17) is 0 Å². The number of halogens is 2. The van der Waals surface area contributed by atoms with E-state index in [0.717, 1.165) is 17.8 Å². The number of aryl methyl sites for hydroxylation is 1. The molecule has 0 aliphatic rings. The van der Waals surface area contributed by atoms with Gasteiger partial charge in [0.05, 0.1) is 5.69 Å². The quantitative estimate of drug-likeness (QED) is 0.742. The predicted octanol–water partition coefficient (Wildman–Crippen LogP) is 2.66. The van der Waals surface area contributed by atoms with E-state index in [2.05, 4.69) is 10.2 Å². The summed E-state index contributed by atoms with van der Waals surface area (Å²) in [4.78, 5) is 0. The first-order valence-corrected chi connectivity index (χ1v) is 4.14. The van der Waals surface area contributed by atoms with Crippen molar-refractivity contribution in [2.45, 2.75) is 6.92 Å². The Kier molecular flexibility index (Phi) is 2.04. The molecule has 0 fully saturated rings. The Hall–Kier alpha value is -1.71. The van der Waals surface area contributed by atoms with Gasteiger partial charge in [-0.3, -0.25) is 5.10 Å². The molecule has 0 unspecified atom stereocenters. The number of nitrogens with one attached hydrogen (secondary N) is 1. The van der Waals surface area contributed by atoms with Gasteiger partial charge in [0.1, 0.15) is 0 Å². The molecule has 14 heavy (non-hydrogen) atoms. The molecule has 0 aliphatic heterocycles. The average Bonchev–Trinajstić information content (AvgIpc) is 2.57. The Bertz CT molecular complexity index is 463. The molecule has 72 valence electrons. The van der Waals surface area contributed by atoms with Crippen molar-refractivity contribution in [1.29, 1.82) is 0 Å². The largest absolute Gasteiger partial charge is 0.282 e. The highest BCUT2D eigenvalue weighted by molar-refractivity contribution is 5.59. The molecule has 0 spiro atoms. The zero-order valence-electron chi connectivity index (χ0n) is 7.51. The van der Waals surface area contributed by atoms with Crippen molar-refractivity contribution < 1.29 is 8.78 Å². The maximum absolute atomic E-state index is 12.9. The van der Waals surface area contributed by atoms with Gasteiger partial charge in [0, 0.05) is 11.3 Å². The highest BCUT2D eigenvalue weighted by Crippen LogP contribution is 2.19. The number of aromatic amines is 1. The van der Waals surface area contributed by atoms with Crippen molar-refractivity contribution in [1.82, 2.24) is 10.2 Å². The number of hydrogen-bond acceptors (Lipinski definition) is 1. The molecule has 0 saturated heterocycles. The minimum Gasteiger partial charge on any atom is -0.282 e. The van der Waals surface area contributed by atoms with Crippen LogP contribution >= 0.6 is 0 Å². The van der Waals surface area contributed by atoms with Crippen molar-refractivity contribution in [3.8, 4) is 11.3 Å². The van der Waals surface area contributed by atoms with Gasteiger partial charge in [0.25, 0.3) is 0 Å². The van der Waals surface area contributed by atoms with E-state index in [1.165, 1.54) is 6.07 Å². The predicted molar refractivity (Wildman–Crippen MR) is 48.7 cm³/mol. The van der Waals surface area contributed by atoms with Gasteiger partial charge in [-0.05, 0) is 31.2 Å². The fourth-order valence-electron chi connectivity index (χ4n) is 1.22.